The highest BCUT2D eigenvalue weighted by atomic mass is 32.1. The molecule has 0 bridgehead atoms. The molecule has 0 atom stereocenters. The van der Waals surface area contributed by atoms with Crippen LogP contribution in [-0.4, -0.2) is 23.6 Å². The molecule has 316 valence electrons. The standard InChI is InChI=1S/C56H46N2O4S2/c1-27(2)31-12-9-13-32(28(3)4)51(31)57-53(59)38-20-17-35-36-18-21-40-49-42(56(62)58(55(40)61)52-33(29(5)6)14-10-15-34(52)30(7)8)26-41(43-23-24-45(64-43)44-16-11-25-63-44)47(50(36)49)37-19-22-39(54(57)60)48(38)46(35)37/h9-30H,1-8H3. The molecule has 64 heavy (non-hydrogen) atoms. The van der Waals surface area contributed by atoms with Gasteiger partial charge in [0.2, 0.25) is 0 Å². The van der Waals surface area contributed by atoms with Gasteiger partial charge in [0.15, 0.2) is 0 Å². The summed E-state index contributed by atoms with van der Waals surface area (Å²) in [5.41, 5.74) is 7.91. The molecular weight excluding hydrogens is 829 g/mol. The summed E-state index contributed by atoms with van der Waals surface area (Å²) < 4.78 is 0. The first-order chi connectivity index (χ1) is 30.8. The van der Waals surface area contributed by atoms with Gasteiger partial charge in [0.25, 0.3) is 23.6 Å². The van der Waals surface area contributed by atoms with Gasteiger partial charge in [-0.25, -0.2) is 9.80 Å². The van der Waals surface area contributed by atoms with Crippen molar-refractivity contribution in [1.82, 2.24) is 0 Å². The summed E-state index contributed by atoms with van der Waals surface area (Å²) in [6.07, 6.45) is 0. The first kappa shape index (κ1) is 40.3. The fourth-order valence-electron chi connectivity index (χ4n) is 10.5. The molecule has 0 spiro atoms. The number of hydrogen-bond donors (Lipinski definition) is 0. The maximum atomic E-state index is 15.4. The van der Waals surface area contributed by atoms with Gasteiger partial charge in [-0.05, 0) is 126 Å². The van der Waals surface area contributed by atoms with Crippen molar-refractivity contribution in [3.8, 4) is 20.2 Å². The number of amides is 4. The number of fused-ring (bicyclic) bond motifs is 2. The summed E-state index contributed by atoms with van der Waals surface area (Å²) in [7, 11) is 0. The minimum Gasteiger partial charge on any atom is -0.268 e. The molecule has 2 aliphatic rings. The monoisotopic (exact) mass is 874 g/mol. The predicted molar refractivity (Wildman–Crippen MR) is 266 cm³/mol. The van der Waals surface area contributed by atoms with E-state index in [9.17, 15) is 0 Å². The average molecular weight is 875 g/mol. The van der Waals surface area contributed by atoms with Crippen LogP contribution in [0.3, 0.4) is 0 Å². The van der Waals surface area contributed by atoms with Gasteiger partial charge in [-0.2, -0.15) is 0 Å². The molecule has 2 aliphatic heterocycles. The Morgan fingerprint density at radius 1 is 0.375 bits per heavy atom. The molecule has 4 heterocycles. The zero-order chi connectivity index (χ0) is 44.6. The maximum absolute atomic E-state index is 15.4. The van der Waals surface area contributed by atoms with Crippen LogP contribution in [0.15, 0.2) is 109 Å². The molecule has 11 rings (SSSR count). The third-order valence-corrected chi connectivity index (χ3v) is 15.7. The molecule has 9 aromatic rings. The third kappa shape index (κ3) is 5.54. The number of benzene rings is 7. The maximum Gasteiger partial charge on any atom is 0.266 e. The lowest BCUT2D eigenvalue weighted by molar-refractivity contribution is 0.0877. The number of carbonyl (C=O) groups is 4. The second-order valence-electron chi connectivity index (χ2n) is 18.6. The second-order valence-corrected chi connectivity index (χ2v) is 20.6. The normalized spacial score (nSPS) is 14.2. The molecule has 6 nitrogen and oxygen atoms in total. The fraction of sp³-hybridized carbons (Fsp3) is 0.214. The smallest absolute Gasteiger partial charge is 0.266 e. The van der Waals surface area contributed by atoms with Crippen LogP contribution in [0.1, 0.15) is 143 Å². The van der Waals surface area contributed by atoms with E-state index in [1.54, 1.807) is 22.7 Å². The molecule has 2 aromatic heterocycles. The third-order valence-electron chi connectivity index (χ3n) is 13.5. The van der Waals surface area contributed by atoms with Crippen molar-refractivity contribution >= 4 is 101 Å². The Morgan fingerprint density at radius 3 is 1.28 bits per heavy atom. The number of imide groups is 2. The van der Waals surface area contributed by atoms with Crippen LogP contribution in [0, 0.1) is 0 Å². The van der Waals surface area contributed by atoms with Gasteiger partial charge in [0, 0.05) is 53.2 Å². The molecule has 0 saturated heterocycles. The van der Waals surface area contributed by atoms with E-state index in [1.165, 1.54) is 9.80 Å². The Kier molecular flexibility index (Phi) is 9.15. The van der Waals surface area contributed by atoms with Crippen LogP contribution in [0.5, 0.6) is 0 Å². The summed E-state index contributed by atoms with van der Waals surface area (Å²) >= 11 is 3.35. The minimum atomic E-state index is -0.345. The summed E-state index contributed by atoms with van der Waals surface area (Å²) in [6.45, 7) is 16.8. The van der Waals surface area contributed by atoms with Crippen LogP contribution < -0.4 is 9.80 Å². The van der Waals surface area contributed by atoms with Gasteiger partial charge in [-0.3, -0.25) is 19.2 Å². The Balaban J connectivity index is 1.22. The Morgan fingerprint density at radius 2 is 0.812 bits per heavy atom. The van der Waals surface area contributed by atoms with E-state index in [1.807, 2.05) is 84.9 Å². The Bertz CT molecular complexity index is 3420. The van der Waals surface area contributed by atoms with Gasteiger partial charge in [0.1, 0.15) is 0 Å². The topological polar surface area (TPSA) is 74.8 Å². The number of carbonyl (C=O) groups excluding carboxylic acids is 4. The first-order valence-corrected chi connectivity index (χ1v) is 23.9. The quantitative estimate of drug-likeness (QED) is 0.0866. The first-order valence-electron chi connectivity index (χ1n) is 22.2. The lowest BCUT2D eigenvalue weighted by atomic mass is 9.80. The SMILES string of the molecule is CC(C)c1cccc(C(C)C)c1N1C(=O)c2ccc3c4ccc5c6c(cc(-c7ccc(-c8cccs8)s7)c(c7ccc(c2c37)C1=O)c64)C(=O)N(c1c(C(C)C)cccc1C(C)C)C5=O. The average Bonchev–Trinajstić information content (AvgIpc) is 4.00. The van der Waals surface area contributed by atoms with Crippen LogP contribution in [0.4, 0.5) is 11.4 Å². The Labute approximate surface area is 380 Å². The molecular formula is C56H46N2O4S2. The summed E-state index contributed by atoms with van der Waals surface area (Å²) in [4.78, 5) is 66.7. The van der Waals surface area contributed by atoms with Crippen LogP contribution in [0.25, 0.3) is 63.3 Å². The number of anilines is 2. The van der Waals surface area contributed by atoms with E-state index < -0.39 is 0 Å². The molecule has 8 heteroatoms. The van der Waals surface area contributed by atoms with Gasteiger partial charge in [-0.15, -0.1) is 22.7 Å². The minimum absolute atomic E-state index is 0.0649. The van der Waals surface area contributed by atoms with E-state index in [2.05, 4.69) is 79.0 Å². The van der Waals surface area contributed by atoms with Gasteiger partial charge < -0.3 is 0 Å². The molecule has 0 unspecified atom stereocenters. The lowest BCUT2D eigenvalue weighted by Gasteiger charge is -2.34. The van der Waals surface area contributed by atoms with Crippen molar-refractivity contribution in [3.63, 3.8) is 0 Å². The van der Waals surface area contributed by atoms with Crippen LogP contribution in [-0.2, 0) is 0 Å². The van der Waals surface area contributed by atoms with Gasteiger partial charge in [0.05, 0.1) is 11.4 Å². The lowest BCUT2D eigenvalue weighted by Crippen LogP contribution is -2.42. The van der Waals surface area contributed by atoms with Gasteiger partial charge >= 0.3 is 0 Å². The molecule has 0 aliphatic carbocycles. The van der Waals surface area contributed by atoms with Crippen molar-refractivity contribution in [2.75, 3.05) is 9.80 Å². The molecule has 0 fully saturated rings. The molecule has 0 N–H and O–H groups in total. The van der Waals surface area contributed by atoms with Crippen molar-refractivity contribution in [2.45, 2.75) is 79.1 Å². The van der Waals surface area contributed by atoms with Crippen LogP contribution in [0.2, 0.25) is 0 Å². The van der Waals surface area contributed by atoms with E-state index in [-0.39, 0.29) is 47.3 Å². The van der Waals surface area contributed by atoms with E-state index in [4.69, 9.17) is 0 Å². The predicted octanol–water partition coefficient (Wildman–Crippen LogP) is 15.3. The second kappa shape index (κ2) is 14.5. The van der Waals surface area contributed by atoms with E-state index >= 15 is 19.2 Å². The van der Waals surface area contributed by atoms with Crippen molar-refractivity contribution < 1.29 is 19.2 Å². The highest BCUT2D eigenvalue weighted by molar-refractivity contribution is 7.23. The molecule has 4 amide bonds. The zero-order valence-corrected chi connectivity index (χ0v) is 38.7. The Hall–Kier alpha value is -6.48. The van der Waals surface area contributed by atoms with Gasteiger partial charge in [-0.1, -0.05) is 116 Å². The van der Waals surface area contributed by atoms with E-state index in [0.717, 1.165) is 74.8 Å². The fourth-order valence-corrected chi connectivity index (χ4v) is 12.4. The zero-order valence-electron chi connectivity index (χ0n) is 37.0. The number of rotatable bonds is 8. The van der Waals surface area contributed by atoms with Crippen LogP contribution >= 0.6 is 22.7 Å². The largest absolute Gasteiger partial charge is 0.268 e. The highest BCUT2D eigenvalue weighted by Crippen LogP contribution is 2.52. The number of thiophene rings is 2. The summed E-state index contributed by atoms with van der Waals surface area (Å²) in [5.74, 6) is -1.09. The number of hydrogen-bond acceptors (Lipinski definition) is 6. The number of para-hydroxylation sites is 2. The van der Waals surface area contributed by atoms with Crippen molar-refractivity contribution in [3.05, 3.63) is 153 Å². The molecule has 7 aromatic carbocycles. The van der Waals surface area contributed by atoms with E-state index in [0.29, 0.717) is 44.4 Å². The van der Waals surface area contributed by atoms with Crippen molar-refractivity contribution in [1.29, 1.82) is 0 Å². The summed E-state index contributed by atoms with van der Waals surface area (Å²) in [5, 5.41) is 8.47. The van der Waals surface area contributed by atoms with Crippen molar-refractivity contribution in [2.24, 2.45) is 0 Å². The number of nitrogens with zero attached hydrogens (tertiary/aromatic N) is 2. The summed E-state index contributed by atoms with van der Waals surface area (Å²) in [6, 6.07) is 34.2. The highest BCUT2D eigenvalue weighted by Gasteiger charge is 2.41. The molecule has 0 radical (unpaired) electrons. The molecule has 0 saturated carbocycles.